The number of hydrogen-bond donors (Lipinski definition) is 0. The molecular weight excluding hydrogens is 435 g/mol. The molecule has 0 saturated carbocycles. The third kappa shape index (κ3) is 7.21. The summed E-state index contributed by atoms with van der Waals surface area (Å²) >= 11 is 0. The summed E-state index contributed by atoms with van der Waals surface area (Å²) in [6, 6.07) is 30.9. The van der Waals surface area contributed by atoms with Crippen LogP contribution in [0.1, 0.15) is 13.3 Å². The lowest BCUT2D eigenvalue weighted by Crippen LogP contribution is -2.36. The summed E-state index contributed by atoms with van der Waals surface area (Å²) in [5.41, 5.74) is 0. The molecule has 3 rings (SSSR count). The summed E-state index contributed by atoms with van der Waals surface area (Å²) in [6.07, 6.45) is 1.19. The molecule has 0 aromatic heterocycles. The number of esters is 1. The second-order valence-corrected chi connectivity index (χ2v) is 10.9. The van der Waals surface area contributed by atoms with Crippen molar-refractivity contribution in [3.63, 3.8) is 0 Å². The third-order valence-electron chi connectivity index (χ3n) is 5.13. The molecule has 0 radical (unpaired) electrons. The minimum Gasteiger partial charge on any atom is -0.461 e. The van der Waals surface area contributed by atoms with Crippen molar-refractivity contribution < 1.29 is 24.0 Å². The Bertz CT molecular complexity index is 838. The molecule has 5 nitrogen and oxygen atoms in total. The Morgan fingerprint density at radius 2 is 1.09 bits per heavy atom. The molecule has 6 heteroatoms. The van der Waals surface area contributed by atoms with Crippen LogP contribution >= 0.6 is 7.26 Å². The molecule has 0 unspecified atom stereocenters. The molecule has 174 valence electrons. The van der Waals surface area contributed by atoms with Gasteiger partial charge in [-0.15, -0.1) is 0 Å². The number of carbonyl (C=O) groups excluding carboxylic acids is 1. The molecule has 0 aliphatic rings. The number of benzene rings is 3. The van der Waals surface area contributed by atoms with Crippen LogP contribution in [-0.4, -0.2) is 45.2 Å². The van der Waals surface area contributed by atoms with E-state index < -0.39 is 7.26 Å². The lowest BCUT2D eigenvalue weighted by Gasteiger charge is -2.26. The van der Waals surface area contributed by atoms with E-state index >= 15 is 0 Å². The van der Waals surface area contributed by atoms with Gasteiger partial charge in [-0.1, -0.05) is 61.5 Å². The molecule has 0 N–H and O–H groups in total. The van der Waals surface area contributed by atoms with Crippen molar-refractivity contribution in [1.82, 2.24) is 0 Å². The van der Waals surface area contributed by atoms with Gasteiger partial charge in [0.15, 0.2) is 6.16 Å². The van der Waals surface area contributed by atoms with Crippen LogP contribution in [0, 0.1) is 0 Å². The summed E-state index contributed by atoms with van der Waals surface area (Å²) in [7, 11) is -2.24. The van der Waals surface area contributed by atoms with Crippen molar-refractivity contribution >= 4 is 29.1 Å². The molecule has 0 amide bonds. The number of rotatable bonds is 14. The molecule has 0 atom stereocenters. The summed E-state index contributed by atoms with van der Waals surface area (Å²) in [6.45, 7) is 3.82. The van der Waals surface area contributed by atoms with E-state index in [1.807, 2.05) is 61.5 Å². The fourth-order valence-corrected chi connectivity index (χ4v) is 7.58. The quantitative estimate of drug-likeness (QED) is 0.118. The van der Waals surface area contributed by atoms with Crippen LogP contribution in [0.5, 0.6) is 0 Å². The second kappa shape index (κ2) is 13.9. The Hall–Kier alpha value is -2.56. The summed E-state index contributed by atoms with van der Waals surface area (Å²) in [4.78, 5) is 23.0. The van der Waals surface area contributed by atoms with Gasteiger partial charge in [0.25, 0.3) is 0 Å². The van der Waals surface area contributed by atoms with Crippen LogP contribution in [0.25, 0.3) is 0 Å². The molecular formula is C27H32O5P+. The summed E-state index contributed by atoms with van der Waals surface area (Å²) in [5, 5.41) is 3.46. The van der Waals surface area contributed by atoms with Crippen molar-refractivity contribution in [1.29, 1.82) is 0 Å². The number of hydrogen-bond acceptors (Lipinski definition) is 5. The van der Waals surface area contributed by atoms with Gasteiger partial charge in [0.05, 0.1) is 19.8 Å². The van der Waals surface area contributed by atoms with Gasteiger partial charge in [0.2, 0.25) is 0 Å². The zero-order valence-electron chi connectivity index (χ0n) is 19.1. The zero-order valence-corrected chi connectivity index (χ0v) is 20.0. The highest BCUT2D eigenvalue weighted by Gasteiger charge is 2.47. The average Bonchev–Trinajstić information content (AvgIpc) is 2.88. The first kappa shape index (κ1) is 25.1. The van der Waals surface area contributed by atoms with Gasteiger partial charge in [-0.2, -0.15) is 0 Å². The van der Waals surface area contributed by atoms with Crippen molar-refractivity contribution in [3.05, 3.63) is 91.0 Å². The zero-order chi connectivity index (χ0) is 23.2. The highest BCUT2D eigenvalue weighted by atomic mass is 31.2. The molecule has 0 aliphatic carbocycles. The Balaban J connectivity index is 1.71. The largest absolute Gasteiger partial charge is 0.461 e. The monoisotopic (exact) mass is 467 g/mol. The first-order valence-electron chi connectivity index (χ1n) is 11.3. The highest BCUT2D eigenvalue weighted by Crippen LogP contribution is 2.55. The predicted octanol–water partition coefficient (Wildman–Crippen LogP) is 3.90. The normalized spacial score (nSPS) is 11.3. The fraction of sp³-hybridized carbons (Fsp3) is 0.296. The van der Waals surface area contributed by atoms with Crippen LogP contribution in [0.15, 0.2) is 91.0 Å². The van der Waals surface area contributed by atoms with Gasteiger partial charge in [-0.25, -0.2) is 14.6 Å². The van der Waals surface area contributed by atoms with Crippen LogP contribution in [-0.2, 0) is 24.0 Å². The molecule has 3 aromatic carbocycles. The number of carbonyl (C=O) groups is 1. The van der Waals surface area contributed by atoms with E-state index in [0.29, 0.717) is 32.6 Å². The second-order valence-electron chi connectivity index (χ2n) is 7.45. The van der Waals surface area contributed by atoms with E-state index in [2.05, 4.69) is 36.4 Å². The van der Waals surface area contributed by atoms with E-state index in [0.717, 1.165) is 22.3 Å². The molecule has 0 saturated heterocycles. The Morgan fingerprint density at radius 3 is 1.58 bits per heavy atom. The summed E-state index contributed by atoms with van der Waals surface area (Å²) in [5.74, 6) is -0.231. The highest BCUT2D eigenvalue weighted by molar-refractivity contribution is 7.96. The molecule has 0 spiro atoms. The van der Waals surface area contributed by atoms with E-state index in [1.165, 1.54) is 0 Å². The van der Waals surface area contributed by atoms with Gasteiger partial charge < -0.3 is 9.47 Å². The molecule has 33 heavy (non-hydrogen) atoms. The van der Waals surface area contributed by atoms with Gasteiger partial charge in [0, 0.05) is 0 Å². The van der Waals surface area contributed by atoms with Crippen LogP contribution in [0.2, 0.25) is 0 Å². The van der Waals surface area contributed by atoms with Gasteiger partial charge in [0.1, 0.15) is 36.4 Å². The smallest absolute Gasteiger partial charge is 0.345 e. The maximum Gasteiger partial charge on any atom is 0.345 e. The van der Waals surface area contributed by atoms with E-state index in [4.69, 9.17) is 19.2 Å². The molecule has 0 heterocycles. The van der Waals surface area contributed by atoms with Gasteiger partial charge in [-0.3, -0.25) is 0 Å². The molecule has 0 aliphatic heterocycles. The molecule has 3 aromatic rings. The third-order valence-corrected chi connectivity index (χ3v) is 9.40. The van der Waals surface area contributed by atoms with Crippen molar-refractivity contribution in [2.75, 3.05) is 39.2 Å². The fourth-order valence-electron chi connectivity index (χ4n) is 3.62. The standard InChI is InChI=1S/C27H32O5P/c1-2-18-31-32-22-20-29-19-21-30-27(28)23-33(24-12-6-3-7-13-24,25-14-8-4-9-15-25)26-16-10-5-11-17-26/h3-17H,2,18-23H2,1H3/q+1. The Kier molecular flexibility index (Phi) is 10.5. The van der Waals surface area contributed by atoms with E-state index in [1.54, 1.807) is 0 Å². The van der Waals surface area contributed by atoms with Crippen molar-refractivity contribution in [2.24, 2.45) is 0 Å². The minimum absolute atomic E-state index is 0.201. The first-order valence-corrected chi connectivity index (χ1v) is 13.3. The maximum absolute atomic E-state index is 13.1. The lowest BCUT2D eigenvalue weighted by molar-refractivity contribution is -0.299. The van der Waals surface area contributed by atoms with Crippen molar-refractivity contribution in [3.8, 4) is 0 Å². The summed E-state index contributed by atoms with van der Waals surface area (Å²) < 4.78 is 11.1. The van der Waals surface area contributed by atoms with E-state index in [9.17, 15) is 4.79 Å². The van der Waals surface area contributed by atoms with Crippen LogP contribution in [0.3, 0.4) is 0 Å². The predicted molar refractivity (Wildman–Crippen MR) is 134 cm³/mol. The Labute approximate surface area is 196 Å². The van der Waals surface area contributed by atoms with E-state index in [-0.39, 0.29) is 12.6 Å². The first-order chi connectivity index (χ1) is 16.3. The van der Waals surface area contributed by atoms with Crippen molar-refractivity contribution in [2.45, 2.75) is 13.3 Å². The SMILES string of the molecule is CCCOOCCOCCOC(=O)C[P+](c1ccccc1)(c1ccccc1)c1ccccc1. The molecule has 0 fully saturated rings. The average molecular weight is 468 g/mol. The van der Waals surface area contributed by atoms with Gasteiger partial charge >= 0.3 is 5.97 Å². The number of ether oxygens (including phenoxy) is 2. The minimum atomic E-state index is -2.24. The maximum atomic E-state index is 13.1. The van der Waals surface area contributed by atoms with Crippen LogP contribution < -0.4 is 15.9 Å². The Morgan fingerprint density at radius 1 is 0.636 bits per heavy atom. The topological polar surface area (TPSA) is 54.0 Å². The van der Waals surface area contributed by atoms with Crippen LogP contribution in [0.4, 0.5) is 0 Å². The van der Waals surface area contributed by atoms with Gasteiger partial charge in [-0.05, 0) is 42.8 Å². The molecule has 0 bridgehead atoms. The lowest BCUT2D eigenvalue weighted by atomic mass is 10.4.